The van der Waals surface area contributed by atoms with E-state index in [1.807, 2.05) is 13.8 Å². The Kier molecular flexibility index (Phi) is 3.89. The molecule has 0 bridgehead atoms. The number of phenolic OH excluding ortho intramolecular Hbond substituents is 1. The second-order valence-electron chi connectivity index (χ2n) is 4.63. The molecule has 0 saturated heterocycles. The van der Waals surface area contributed by atoms with Crippen molar-refractivity contribution in [2.24, 2.45) is 0 Å². The summed E-state index contributed by atoms with van der Waals surface area (Å²) in [6.07, 6.45) is -0.110. The first-order valence-electron chi connectivity index (χ1n) is 6.22. The lowest BCUT2D eigenvalue weighted by molar-refractivity contribution is -0.384. The van der Waals surface area contributed by atoms with Gasteiger partial charge in [-0.1, -0.05) is 24.3 Å². The number of rotatable bonds is 4. The van der Waals surface area contributed by atoms with Crippen molar-refractivity contribution in [2.45, 2.75) is 20.0 Å². The van der Waals surface area contributed by atoms with E-state index in [2.05, 4.69) is 0 Å². The Labute approximate surface area is 116 Å². The highest BCUT2D eigenvalue weighted by Crippen LogP contribution is 2.38. The van der Waals surface area contributed by atoms with E-state index in [1.165, 1.54) is 18.2 Å². The maximum Gasteiger partial charge on any atom is 0.270 e. The van der Waals surface area contributed by atoms with Crippen LogP contribution in [0.25, 0.3) is 11.1 Å². The molecule has 1 N–H and O–H groups in total. The summed E-state index contributed by atoms with van der Waals surface area (Å²) in [5, 5.41) is 20.8. The fraction of sp³-hybridized carbons (Fsp3) is 0.200. The van der Waals surface area contributed by atoms with Crippen molar-refractivity contribution in [3.63, 3.8) is 0 Å². The van der Waals surface area contributed by atoms with Gasteiger partial charge in [0.2, 0.25) is 0 Å². The molecule has 0 amide bonds. The first-order valence-corrected chi connectivity index (χ1v) is 6.22. The first-order chi connectivity index (χ1) is 9.49. The summed E-state index contributed by atoms with van der Waals surface area (Å²) < 4.78 is 5.61. The van der Waals surface area contributed by atoms with Gasteiger partial charge < -0.3 is 9.84 Å². The standard InChI is InChI=1S/C15H15NO4/c1-10(2)20-15-13(7-4-8-14(15)17)11-5-3-6-12(9-11)16(18)19/h3-10,17H,1-2H3. The van der Waals surface area contributed by atoms with Crippen molar-refractivity contribution in [3.8, 4) is 22.6 Å². The molecule has 5 nitrogen and oxygen atoms in total. The van der Waals surface area contributed by atoms with Gasteiger partial charge in [0, 0.05) is 17.7 Å². The summed E-state index contributed by atoms with van der Waals surface area (Å²) in [5.74, 6) is 0.353. The highest BCUT2D eigenvalue weighted by atomic mass is 16.6. The van der Waals surface area contributed by atoms with Crippen LogP contribution in [0.15, 0.2) is 42.5 Å². The average Bonchev–Trinajstić information content (AvgIpc) is 2.41. The summed E-state index contributed by atoms with van der Waals surface area (Å²) in [7, 11) is 0. The number of nitro benzene ring substituents is 1. The average molecular weight is 273 g/mol. The Morgan fingerprint density at radius 1 is 1.20 bits per heavy atom. The predicted octanol–water partition coefficient (Wildman–Crippen LogP) is 3.75. The number of benzene rings is 2. The Morgan fingerprint density at radius 3 is 2.55 bits per heavy atom. The smallest absolute Gasteiger partial charge is 0.270 e. The SMILES string of the molecule is CC(C)Oc1c(O)cccc1-c1cccc([N+](=O)[O-])c1. The molecule has 0 heterocycles. The number of ether oxygens (including phenoxy) is 1. The van der Waals surface area contributed by atoms with Crippen molar-refractivity contribution in [1.82, 2.24) is 0 Å². The van der Waals surface area contributed by atoms with Gasteiger partial charge in [0.05, 0.1) is 11.0 Å². The van der Waals surface area contributed by atoms with Crippen LogP contribution < -0.4 is 4.74 Å². The van der Waals surface area contributed by atoms with E-state index in [-0.39, 0.29) is 17.5 Å². The van der Waals surface area contributed by atoms with E-state index < -0.39 is 4.92 Å². The monoisotopic (exact) mass is 273 g/mol. The molecule has 104 valence electrons. The van der Waals surface area contributed by atoms with Crippen molar-refractivity contribution in [2.75, 3.05) is 0 Å². The Balaban J connectivity index is 2.54. The molecular weight excluding hydrogens is 258 g/mol. The van der Waals surface area contributed by atoms with E-state index in [9.17, 15) is 15.2 Å². The van der Waals surface area contributed by atoms with Gasteiger partial charge in [0.25, 0.3) is 5.69 Å². The Morgan fingerprint density at radius 2 is 1.90 bits per heavy atom. The van der Waals surface area contributed by atoms with Crippen LogP contribution in [0.5, 0.6) is 11.5 Å². The molecule has 0 unspecified atom stereocenters. The summed E-state index contributed by atoms with van der Waals surface area (Å²) >= 11 is 0. The van der Waals surface area contributed by atoms with Crippen molar-refractivity contribution < 1.29 is 14.8 Å². The molecule has 0 aliphatic rings. The lowest BCUT2D eigenvalue weighted by Crippen LogP contribution is -2.06. The molecule has 0 aliphatic carbocycles. The van der Waals surface area contributed by atoms with Crippen LogP contribution in [-0.2, 0) is 0 Å². The quantitative estimate of drug-likeness (QED) is 0.680. The second-order valence-corrected chi connectivity index (χ2v) is 4.63. The Hall–Kier alpha value is -2.56. The number of para-hydroxylation sites is 1. The minimum absolute atomic E-state index is 0.00124. The minimum atomic E-state index is -0.449. The third-order valence-corrected chi connectivity index (χ3v) is 2.72. The zero-order chi connectivity index (χ0) is 14.7. The van der Waals surface area contributed by atoms with E-state index in [0.717, 1.165) is 0 Å². The number of hydrogen-bond acceptors (Lipinski definition) is 4. The normalized spacial score (nSPS) is 10.6. The molecule has 0 aromatic heterocycles. The molecule has 2 aromatic rings. The van der Waals surface area contributed by atoms with Gasteiger partial charge in [-0.15, -0.1) is 0 Å². The Bertz CT molecular complexity index is 638. The number of phenols is 1. The molecule has 0 spiro atoms. The maximum absolute atomic E-state index is 10.8. The number of non-ortho nitro benzene ring substituents is 1. The highest BCUT2D eigenvalue weighted by molar-refractivity contribution is 5.75. The lowest BCUT2D eigenvalue weighted by atomic mass is 10.0. The van der Waals surface area contributed by atoms with Gasteiger partial charge in [0.15, 0.2) is 11.5 Å². The third-order valence-electron chi connectivity index (χ3n) is 2.72. The number of nitrogens with zero attached hydrogens (tertiary/aromatic N) is 1. The van der Waals surface area contributed by atoms with Crippen LogP contribution in [0.4, 0.5) is 5.69 Å². The van der Waals surface area contributed by atoms with Gasteiger partial charge >= 0.3 is 0 Å². The van der Waals surface area contributed by atoms with Crippen LogP contribution in [-0.4, -0.2) is 16.1 Å². The molecule has 2 aromatic carbocycles. The third kappa shape index (κ3) is 2.88. The fourth-order valence-corrected chi connectivity index (χ4v) is 1.90. The highest BCUT2D eigenvalue weighted by Gasteiger charge is 2.15. The molecule has 0 radical (unpaired) electrons. The summed E-state index contributed by atoms with van der Waals surface area (Å²) in [4.78, 5) is 10.4. The van der Waals surface area contributed by atoms with Gasteiger partial charge in [-0.3, -0.25) is 10.1 Å². The fourth-order valence-electron chi connectivity index (χ4n) is 1.90. The van der Waals surface area contributed by atoms with E-state index in [0.29, 0.717) is 16.9 Å². The van der Waals surface area contributed by atoms with Crippen LogP contribution in [0, 0.1) is 10.1 Å². The second kappa shape index (κ2) is 5.61. The van der Waals surface area contributed by atoms with Gasteiger partial charge in [-0.25, -0.2) is 0 Å². The molecule has 20 heavy (non-hydrogen) atoms. The molecule has 0 aliphatic heterocycles. The molecular formula is C15H15NO4. The molecule has 0 saturated carbocycles. The summed E-state index contributed by atoms with van der Waals surface area (Å²) in [6.45, 7) is 3.70. The zero-order valence-corrected chi connectivity index (χ0v) is 11.2. The van der Waals surface area contributed by atoms with Crippen LogP contribution in [0.1, 0.15) is 13.8 Å². The first kappa shape index (κ1) is 13.9. The number of nitro groups is 1. The number of hydrogen-bond donors (Lipinski definition) is 1. The van der Waals surface area contributed by atoms with Crippen molar-refractivity contribution >= 4 is 5.69 Å². The van der Waals surface area contributed by atoms with E-state index in [1.54, 1.807) is 24.3 Å². The molecule has 0 atom stereocenters. The number of aromatic hydroxyl groups is 1. The predicted molar refractivity (Wildman–Crippen MR) is 76.0 cm³/mol. The van der Waals surface area contributed by atoms with E-state index >= 15 is 0 Å². The minimum Gasteiger partial charge on any atom is -0.504 e. The van der Waals surface area contributed by atoms with Gasteiger partial charge in [-0.05, 0) is 25.5 Å². The van der Waals surface area contributed by atoms with Crippen LogP contribution in [0.3, 0.4) is 0 Å². The molecule has 0 fully saturated rings. The lowest BCUT2D eigenvalue weighted by Gasteiger charge is -2.15. The zero-order valence-electron chi connectivity index (χ0n) is 11.2. The van der Waals surface area contributed by atoms with Gasteiger partial charge in [-0.2, -0.15) is 0 Å². The topological polar surface area (TPSA) is 72.6 Å². The molecule has 5 heteroatoms. The van der Waals surface area contributed by atoms with Crippen LogP contribution >= 0.6 is 0 Å². The molecule has 2 rings (SSSR count). The maximum atomic E-state index is 10.8. The summed E-state index contributed by atoms with van der Waals surface area (Å²) in [6, 6.07) is 11.2. The van der Waals surface area contributed by atoms with Crippen LogP contribution in [0.2, 0.25) is 0 Å². The van der Waals surface area contributed by atoms with E-state index in [4.69, 9.17) is 4.74 Å². The largest absolute Gasteiger partial charge is 0.504 e. The van der Waals surface area contributed by atoms with Gasteiger partial charge in [0.1, 0.15) is 0 Å². The summed E-state index contributed by atoms with van der Waals surface area (Å²) in [5.41, 5.74) is 1.26. The van der Waals surface area contributed by atoms with Crippen molar-refractivity contribution in [3.05, 3.63) is 52.6 Å². The van der Waals surface area contributed by atoms with Crippen molar-refractivity contribution in [1.29, 1.82) is 0 Å².